The average Bonchev–Trinajstić information content (AvgIpc) is 3.06. The van der Waals surface area contributed by atoms with Gasteiger partial charge in [0, 0.05) is 5.41 Å². The standard InChI is InChI=1S/C15H26N4O2/c1-4-15(7-5-6-8-15)14-16-17-18-19(14)10-12(13(20)21)9-11(2)3/h11-12H,4-10H2,1-3H3,(H,20,21). The average molecular weight is 294 g/mol. The molecule has 6 nitrogen and oxygen atoms in total. The van der Waals surface area contributed by atoms with Crippen molar-refractivity contribution in [3.8, 4) is 0 Å². The summed E-state index contributed by atoms with van der Waals surface area (Å²) in [7, 11) is 0. The molecule has 21 heavy (non-hydrogen) atoms. The van der Waals surface area contributed by atoms with Gasteiger partial charge in [0.1, 0.15) is 0 Å². The lowest BCUT2D eigenvalue weighted by Crippen LogP contribution is -2.30. The van der Waals surface area contributed by atoms with Gasteiger partial charge in [-0.05, 0) is 42.0 Å². The predicted molar refractivity (Wildman–Crippen MR) is 78.8 cm³/mol. The van der Waals surface area contributed by atoms with Gasteiger partial charge in [-0.3, -0.25) is 4.79 Å². The van der Waals surface area contributed by atoms with Crippen molar-refractivity contribution in [2.45, 2.75) is 71.3 Å². The number of carbonyl (C=O) groups is 1. The first-order valence-corrected chi connectivity index (χ1v) is 7.98. The van der Waals surface area contributed by atoms with Crippen LogP contribution in [0.2, 0.25) is 0 Å². The van der Waals surface area contributed by atoms with E-state index in [0.717, 1.165) is 25.1 Å². The second kappa shape index (κ2) is 6.54. The van der Waals surface area contributed by atoms with Crippen LogP contribution in [0.4, 0.5) is 0 Å². The van der Waals surface area contributed by atoms with Crippen molar-refractivity contribution in [3.63, 3.8) is 0 Å². The van der Waals surface area contributed by atoms with Crippen LogP contribution >= 0.6 is 0 Å². The van der Waals surface area contributed by atoms with Crippen molar-refractivity contribution >= 4 is 5.97 Å². The maximum absolute atomic E-state index is 11.5. The maximum atomic E-state index is 11.5. The van der Waals surface area contributed by atoms with Gasteiger partial charge in [0.15, 0.2) is 5.82 Å². The SMILES string of the molecule is CCC1(c2nnnn2CC(CC(C)C)C(=O)O)CCCC1. The molecule has 1 unspecified atom stereocenters. The fraction of sp³-hybridized carbons (Fsp3) is 0.867. The quantitative estimate of drug-likeness (QED) is 0.836. The van der Waals surface area contributed by atoms with Crippen molar-refractivity contribution in [1.82, 2.24) is 20.2 Å². The summed E-state index contributed by atoms with van der Waals surface area (Å²) < 4.78 is 1.75. The number of carboxylic acids is 1. The van der Waals surface area contributed by atoms with Crippen molar-refractivity contribution in [2.24, 2.45) is 11.8 Å². The number of hydrogen-bond acceptors (Lipinski definition) is 4. The van der Waals surface area contributed by atoms with E-state index in [1.54, 1.807) is 4.68 Å². The lowest BCUT2D eigenvalue weighted by Gasteiger charge is -2.26. The molecule has 1 atom stereocenters. The Balaban J connectivity index is 2.21. The zero-order valence-electron chi connectivity index (χ0n) is 13.2. The summed E-state index contributed by atoms with van der Waals surface area (Å²) in [6, 6.07) is 0. The van der Waals surface area contributed by atoms with Crippen LogP contribution in [0, 0.1) is 11.8 Å². The molecule has 0 aliphatic heterocycles. The highest BCUT2D eigenvalue weighted by atomic mass is 16.4. The topological polar surface area (TPSA) is 80.9 Å². The second-order valence-electron chi connectivity index (χ2n) is 6.69. The number of aromatic nitrogens is 4. The van der Waals surface area contributed by atoms with Crippen LogP contribution in [0.15, 0.2) is 0 Å². The van der Waals surface area contributed by atoms with Crippen LogP contribution in [-0.4, -0.2) is 31.3 Å². The fourth-order valence-electron chi connectivity index (χ4n) is 3.53. The second-order valence-corrected chi connectivity index (χ2v) is 6.69. The molecule has 0 radical (unpaired) electrons. The molecule has 1 N–H and O–H groups in total. The van der Waals surface area contributed by atoms with Crippen LogP contribution in [0.5, 0.6) is 0 Å². The number of nitrogens with zero attached hydrogens (tertiary/aromatic N) is 4. The molecule has 1 heterocycles. The molecule has 0 saturated heterocycles. The molecule has 0 bridgehead atoms. The molecule has 0 amide bonds. The third-order valence-electron chi connectivity index (χ3n) is 4.74. The maximum Gasteiger partial charge on any atom is 0.308 e. The zero-order chi connectivity index (χ0) is 15.5. The van der Waals surface area contributed by atoms with Gasteiger partial charge < -0.3 is 5.11 Å². The summed E-state index contributed by atoms with van der Waals surface area (Å²) in [6.07, 6.45) is 6.27. The van der Waals surface area contributed by atoms with E-state index in [0.29, 0.717) is 18.9 Å². The minimum Gasteiger partial charge on any atom is -0.481 e. The Morgan fingerprint density at radius 2 is 2.05 bits per heavy atom. The highest BCUT2D eigenvalue weighted by Gasteiger charge is 2.39. The number of aliphatic carboxylic acids is 1. The van der Waals surface area contributed by atoms with Crippen LogP contribution in [0.1, 0.15) is 65.1 Å². The molecular formula is C15H26N4O2. The van der Waals surface area contributed by atoms with E-state index in [4.69, 9.17) is 0 Å². The van der Waals surface area contributed by atoms with Crippen LogP contribution in [0.25, 0.3) is 0 Å². The molecule has 1 aliphatic rings. The summed E-state index contributed by atoms with van der Waals surface area (Å²) in [5, 5.41) is 21.6. The Morgan fingerprint density at radius 3 is 2.57 bits per heavy atom. The largest absolute Gasteiger partial charge is 0.481 e. The smallest absolute Gasteiger partial charge is 0.308 e. The first kappa shape index (κ1) is 15.9. The zero-order valence-corrected chi connectivity index (χ0v) is 13.2. The number of hydrogen-bond donors (Lipinski definition) is 1. The molecule has 118 valence electrons. The summed E-state index contributed by atoms with van der Waals surface area (Å²) in [4.78, 5) is 11.5. The lowest BCUT2D eigenvalue weighted by molar-refractivity contribution is -0.142. The molecule has 1 aromatic rings. The van der Waals surface area contributed by atoms with Gasteiger partial charge in [0.05, 0.1) is 12.5 Å². The Kier molecular flexibility index (Phi) is 4.96. The van der Waals surface area contributed by atoms with Crippen molar-refractivity contribution in [1.29, 1.82) is 0 Å². The van der Waals surface area contributed by atoms with E-state index in [9.17, 15) is 9.90 Å². The Morgan fingerprint density at radius 1 is 1.38 bits per heavy atom. The van der Waals surface area contributed by atoms with Crippen LogP contribution < -0.4 is 0 Å². The number of carboxylic acid groups (broad SMARTS) is 1. The van der Waals surface area contributed by atoms with Crippen molar-refractivity contribution < 1.29 is 9.90 Å². The van der Waals surface area contributed by atoms with Gasteiger partial charge in [-0.25, -0.2) is 4.68 Å². The molecule has 1 aliphatic carbocycles. The molecule has 2 rings (SSSR count). The van der Waals surface area contributed by atoms with Gasteiger partial charge in [-0.1, -0.05) is 33.6 Å². The monoisotopic (exact) mass is 294 g/mol. The first-order valence-electron chi connectivity index (χ1n) is 7.98. The van der Waals surface area contributed by atoms with Gasteiger partial charge in [-0.2, -0.15) is 0 Å². The fourth-order valence-corrected chi connectivity index (χ4v) is 3.53. The predicted octanol–water partition coefficient (Wildman–Crippen LogP) is 2.64. The van der Waals surface area contributed by atoms with Gasteiger partial charge in [-0.15, -0.1) is 5.10 Å². The van der Waals surface area contributed by atoms with Gasteiger partial charge >= 0.3 is 5.97 Å². The van der Waals surface area contributed by atoms with Crippen molar-refractivity contribution in [3.05, 3.63) is 5.82 Å². The summed E-state index contributed by atoms with van der Waals surface area (Å²) in [5.41, 5.74) is 0.0460. The Bertz CT molecular complexity index is 478. The summed E-state index contributed by atoms with van der Waals surface area (Å²) in [6.45, 7) is 6.63. The number of rotatable bonds is 7. The van der Waals surface area contributed by atoms with Gasteiger partial charge in [0.2, 0.25) is 0 Å². The molecule has 0 spiro atoms. The molecule has 1 saturated carbocycles. The lowest BCUT2D eigenvalue weighted by atomic mass is 9.82. The van der Waals surface area contributed by atoms with Crippen LogP contribution in [-0.2, 0) is 16.8 Å². The first-order chi connectivity index (χ1) is 9.98. The van der Waals surface area contributed by atoms with E-state index in [2.05, 4.69) is 22.4 Å². The van der Waals surface area contributed by atoms with E-state index < -0.39 is 11.9 Å². The third kappa shape index (κ3) is 3.41. The Hall–Kier alpha value is -1.46. The van der Waals surface area contributed by atoms with Crippen LogP contribution in [0.3, 0.4) is 0 Å². The minimum absolute atomic E-state index is 0.0460. The van der Waals surface area contributed by atoms with Crippen molar-refractivity contribution in [2.75, 3.05) is 0 Å². The molecule has 6 heteroatoms. The van der Waals surface area contributed by atoms with E-state index in [1.807, 2.05) is 13.8 Å². The summed E-state index contributed by atoms with van der Waals surface area (Å²) in [5.74, 6) is 0.0415. The van der Waals surface area contributed by atoms with E-state index in [1.165, 1.54) is 12.8 Å². The Labute approximate surface area is 125 Å². The normalized spacial score (nSPS) is 19.0. The molecule has 0 aromatic carbocycles. The summed E-state index contributed by atoms with van der Waals surface area (Å²) >= 11 is 0. The van der Waals surface area contributed by atoms with E-state index in [-0.39, 0.29) is 5.41 Å². The van der Waals surface area contributed by atoms with Gasteiger partial charge in [0.25, 0.3) is 0 Å². The molecule has 1 fully saturated rings. The highest BCUT2D eigenvalue weighted by Crippen LogP contribution is 2.42. The highest BCUT2D eigenvalue weighted by molar-refractivity contribution is 5.69. The number of tetrazole rings is 1. The minimum atomic E-state index is -0.762. The third-order valence-corrected chi connectivity index (χ3v) is 4.74. The molecular weight excluding hydrogens is 268 g/mol. The van der Waals surface area contributed by atoms with E-state index >= 15 is 0 Å². The molecule has 1 aromatic heterocycles.